The number of halogens is 1. The number of amides is 1. The largest absolute Gasteiger partial charge is 0.490 e. The maximum Gasteiger partial charge on any atom is 0.257 e. The molecule has 0 atom stereocenters. The number of sulfone groups is 1. The van der Waals surface area contributed by atoms with Crippen molar-refractivity contribution in [3.63, 3.8) is 0 Å². The molecule has 3 aromatic rings. The Morgan fingerprint density at radius 3 is 2.50 bits per heavy atom. The lowest BCUT2D eigenvalue weighted by Crippen LogP contribution is -2.48. The second-order valence-electron chi connectivity index (χ2n) is 7.98. The number of piperazine rings is 1. The fraction of sp³-hybridized carbons (Fsp3) is 0.364. The van der Waals surface area contributed by atoms with E-state index >= 15 is 0 Å². The Hall–Kier alpha value is -2.36. The van der Waals surface area contributed by atoms with E-state index in [-0.39, 0.29) is 22.5 Å². The SMILES string of the molecule is CC(C)Oc1ccc(S(C)(=O)=O)cc1C(=O)N1CCN(c2nc3ccc(Cl)cc3s2)CC1. The Bertz CT molecular complexity index is 1270. The fourth-order valence-electron chi connectivity index (χ4n) is 3.56. The molecule has 1 amide bonds. The number of ether oxygens (including phenoxy) is 1. The molecule has 1 aliphatic heterocycles. The number of fused-ring (bicyclic) bond motifs is 1. The highest BCUT2D eigenvalue weighted by molar-refractivity contribution is 7.90. The summed E-state index contributed by atoms with van der Waals surface area (Å²) in [5, 5.41) is 1.58. The van der Waals surface area contributed by atoms with Crippen LogP contribution in [0.3, 0.4) is 0 Å². The molecule has 1 aromatic heterocycles. The normalized spacial score (nSPS) is 14.9. The van der Waals surface area contributed by atoms with Crippen LogP contribution in [0.15, 0.2) is 41.3 Å². The highest BCUT2D eigenvalue weighted by Gasteiger charge is 2.27. The average molecular weight is 494 g/mol. The number of benzene rings is 2. The lowest BCUT2D eigenvalue weighted by Gasteiger charge is -2.35. The molecule has 2 aromatic carbocycles. The zero-order valence-corrected chi connectivity index (χ0v) is 20.4. The Morgan fingerprint density at radius 2 is 1.84 bits per heavy atom. The first-order valence-corrected chi connectivity index (χ1v) is 13.3. The summed E-state index contributed by atoms with van der Waals surface area (Å²) in [5.74, 6) is 0.157. The minimum absolute atomic E-state index is 0.101. The highest BCUT2D eigenvalue weighted by atomic mass is 35.5. The third-order valence-corrected chi connectivity index (χ3v) is 7.57. The lowest BCUT2D eigenvalue weighted by atomic mass is 10.1. The number of hydrogen-bond acceptors (Lipinski definition) is 7. The third-order valence-electron chi connectivity index (χ3n) is 5.15. The standard InChI is InChI=1S/C22H24ClN3O4S2/c1-14(2)30-19-7-5-16(32(3,28)29)13-17(19)21(27)25-8-10-26(11-9-25)22-24-18-6-4-15(23)12-20(18)31-22/h4-7,12-14H,8-11H2,1-3H3. The Labute approximate surface area is 196 Å². The number of anilines is 1. The van der Waals surface area contributed by atoms with E-state index in [2.05, 4.69) is 9.88 Å². The molecule has 1 saturated heterocycles. The predicted octanol–water partition coefficient (Wildman–Crippen LogP) is 4.10. The summed E-state index contributed by atoms with van der Waals surface area (Å²) in [4.78, 5) is 22.0. The van der Waals surface area contributed by atoms with E-state index in [1.807, 2.05) is 32.0 Å². The Balaban J connectivity index is 1.53. The van der Waals surface area contributed by atoms with Gasteiger partial charge in [0.2, 0.25) is 0 Å². The van der Waals surface area contributed by atoms with Crippen molar-refractivity contribution < 1.29 is 17.9 Å². The molecular weight excluding hydrogens is 470 g/mol. The molecule has 32 heavy (non-hydrogen) atoms. The maximum atomic E-state index is 13.3. The van der Waals surface area contributed by atoms with Crippen molar-refractivity contribution in [2.24, 2.45) is 0 Å². The van der Waals surface area contributed by atoms with Gasteiger partial charge in [-0.2, -0.15) is 0 Å². The van der Waals surface area contributed by atoms with Gasteiger partial charge in [-0.15, -0.1) is 0 Å². The van der Waals surface area contributed by atoms with E-state index < -0.39 is 9.84 Å². The van der Waals surface area contributed by atoms with E-state index in [0.29, 0.717) is 37.0 Å². The topological polar surface area (TPSA) is 79.8 Å². The molecule has 0 N–H and O–H groups in total. The summed E-state index contributed by atoms with van der Waals surface area (Å²) in [5.41, 5.74) is 1.17. The van der Waals surface area contributed by atoms with Gasteiger partial charge in [-0.05, 0) is 50.2 Å². The van der Waals surface area contributed by atoms with Gasteiger partial charge in [-0.3, -0.25) is 4.79 Å². The highest BCUT2D eigenvalue weighted by Crippen LogP contribution is 2.32. The summed E-state index contributed by atoms with van der Waals surface area (Å²) in [6, 6.07) is 10.1. The van der Waals surface area contributed by atoms with Gasteiger partial charge in [0.05, 0.1) is 26.8 Å². The van der Waals surface area contributed by atoms with Crippen LogP contribution in [-0.4, -0.2) is 62.7 Å². The second kappa shape index (κ2) is 8.88. The molecule has 0 radical (unpaired) electrons. The summed E-state index contributed by atoms with van der Waals surface area (Å²) in [6.45, 7) is 5.99. The molecule has 1 fully saturated rings. The van der Waals surface area contributed by atoms with Crippen LogP contribution >= 0.6 is 22.9 Å². The van der Waals surface area contributed by atoms with Gasteiger partial charge in [0.1, 0.15) is 5.75 Å². The molecule has 4 rings (SSSR count). The molecule has 2 heterocycles. The first-order valence-electron chi connectivity index (χ1n) is 10.2. The molecule has 0 saturated carbocycles. The summed E-state index contributed by atoms with van der Waals surface area (Å²) >= 11 is 7.66. The second-order valence-corrected chi connectivity index (χ2v) is 11.4. The van der Waals surface area contributed by atoms with E-state index in [0.717, 1.165) is 21.6 Å². The quantitative estimate of drug-likeness (QED) is 0.532. The summed E-state index contributed by atoms with van der Waals surface area (Å²) in [6.07, 6.45) is 0.985. The first-order chi connectivity index (χ1) is 15.1. The van der Waals surface area contributed by atoms with Crippen LogP contribution in [0.5, 0.6) is 5.75 Å². The van der Waals surface area contributed by atoms with E-state index in [1.165, 1.54) is 12.1 Å². The molecule has 0 spiro atoms. The maximum absolute atomic E-state index is 13.3. The van der Waals surface area contributed by atoms with Crippen molar-refractivity contribution >= 4 is 54.0 Å². The zero-order valence-electron chi connectivity index (χ0n) is 18.0. The molecular formula is C22H24ClN3O4S2. The van der Waals surface area contributed by atoms with Crippen LogP contribution in [0.2, 0.25) is 5.02 Å². The minimum Gasteiger partial charge on any atom is -0.490 e. The molecule has 1 aliphatic rings. The van der Waals surface area contributed by atoms with Crippen molar-refractivity contribution in [3.8, 4) is 5.75 Å². The predicted molar refractivity (Wildman–Crippen MR) is 128 cm³/mol. The number of carbonyl (C=O) groups is 1. The lowest BCUT2D eigenvalue weighted by molar-refractivity contribution is 0.0740. The number of thiazole rings is 1. The van der Waals surface area contributed by atoms with Crippen molar-refractivity contribution in [1.82, 2.24) is 9.88 Å². The number of rotatable bonds is 5. The third kappa shape index (κ3) is 4.84. The van der Waals surface area contributed by atoms with Crippen molar-refractivity contribution in [3.05, 3.63) is 47.0 Å². The average Bonchev–Trinajstić information content (AvgIpc) is 3.15. The summed E-state index contributed by atoms with van der Waals surface area (Å²) in [7, 11) is -3.45. The van der Waals surface area contributed by atoms with Crippen LogP contribution in [-0.2, 0) is 9.84 Å². The van der Waals surface area contributed by atoms with Gasteiger partial charge in [0.15, 0.2) is 15.0 Å². The Kier molecular flexibility index (Phi) is 6.33. The molecule has 0 aliphatic carbocycles. The molecule has 0 bridgehead atoms. The number of carbonyl (C=O) groups excluding carboxylic acids is 1. The van der Waals surface area contributed by atoms with Crippen LogP contribution < -0.4 is 9.64 Å². The van der Waals surface area contributed by atoms with E-state index in [4.69, 9.17) is 16.3 Å². The van der Waals surface area contributed by atoms with Gasteiger partial charge >= 0.3 is 0 Å². The van der Waals surface area contributed by atoms with Crippen molar-refractivity contribution in [1.29, 1.82) is 0 Å². The number of hydrogen-bond donors (Lipinski definition) is 0. The fourth-order valence-corrected chi connectivity index (χ4v) is 5.50. The van der Waals surface area contributed by atoms with Gasteiger partial charge < -0.3 is 14.5 Å². The van der Waals surface area contributed by atoms with Crippen molar-refractivity contribution in [2.75, 3.05) is 37.3 Å². The van der Waals surface area contributed by atoms with E-state index in [1.54, 1.807) is 22.3 Å². The van der Waals surface area contributed by atoms with Crippen LogP contribution in [0.4, 0.5) is 5.13 Å². The monoisotopic (exact) mass is 493 g/mol. The molecule has 7 nitrogen and oxygen atoms in total. The zero-order chi connectivity index (χ0) is 23.0. The van der Waals surface area contributed by atoms with Crippen LogP contribution in [0.25, 0.3) is 10.2 Å². The molecule has 170 valence electrons. The summed E-state index contributed by atoms with van der Waals surface area (Å²) < 4.78 is 30.9. The van der Waals surface area contributed by atoms with Gasteiger partial charge in [-0.25, -0.2) is 13.4 Å². The van der Waals surface area contributed by atoms with Gasteiger partial charge in [0.25, 0.3) is 5.91 Å². The first kappa shape index (κ1) is 22.8. The van der Waals surface area contributed by atoms with Crippen LogP contribution in [0, 0.1) is 0 Å². The Morgan fingerprint density at radius 1 is 1.12 bits per heavy atom. The minimum atomic E-state index is -3.45. The number of nitrogens with zero attached hydrogens (tertiary/aromatic N) is 3. The van der Waals surface area contributed by atoms with Crippen molar-refractivity contribution in [2.45, 2.75) is 24.8 Å². The van der Waals surface area contributed by atoms with Gasteiger partial charge in [0, 0.05) is 37.5 Å². The van der Waals surface area contributed by atoms with E-state index in [9.17, 15) is 13.2 Å². The van der Waals surface area contributed by atoms with Gasteiger partial charge in [-0.1, -0.05) is 22.9 Å². The number of aromatic nitrogens is 1. The van der Waals surface area contributed by atoms with Crippen LogP contribution in [0.1, 0.15) is 24.2 Å². The molecule has 0 unspecified atom stereocenters. The smallest absolute Gasteiger partial charge is 0.257 e. The molecule has 10 heteroatoms.